The number of carboxylic acid groups (broad SMARTS) is 1. The minimum Gasteiger partial charge on any atom is -0.544 e. The molecule has 0 radical (unpaired) electrons. The molecular formula is C11H16O3Si. The van der Waals surface area contributed by atoms with Crippen molar-refractivity contribution < 1.29 is 14.3 Å². The second kappa shape index (κ2) is 4.48. The number of carboxylic acids is 1. The van der Waals surface area contributed by atoms with Crippen molar-refractivity contribution in [3.05, 3.63) is 29.8 Å². The fourth-order valence-corrected chi connectivity index (χ4v) is 2.08. The van der Waals surface area contributed by atoms with Crippen LogP contribution in [0.1, 0.15) is 5.56 Å². The largest absolute Gasteiger partial charge is 0.544 e. The summed E-state index contributed by atoms with van der Waals surface area (Å²) in [5, 5.41) is 8.66. The van der Waals surface area contributed by atoms with Crippen LogP contribution in [-0.4, -0.2) is 19.4 Å². The first-order valence-corrected chi connectivity index (χ1v) is 8.27. The van der Waals surface area contributed by atoms with Crippen molar-refractivity contribution in [1.29, 1.82) is 0 Å². The quantitative estimate of drug-likeness (QED) is 0.799. The van der Waals surface area contributed by atoms with Crippen LogP contribution in [0.5, 0.6) is 5.75 Å². The average molecular weight is 224 g/mol. The molecule has 1 rings (SSSR count). The van der Waals surface area contributed by atoms with E-state index in [0.717, 1.165) is 11.3 Å². The van der Waals surface area contributed by atoms with E-state index in [-0.39, 0.29) is 6.42 Å². The van der Waals surface area contributed by atoms with Gasteiger partial charge >= 0.3 is 5.97 Å². The first kappa shape index (κ1) is 11.8. The van der Waals surface area contributed by atoms with Crippen molar-refractivity contribution in [1.82, 2.24) is 0 Å². The molecule has 0 aliphatic carbocycles. The zero-order valence-electron chi connectivity index (χ0n) is 9.28. The summed E-state index contributed by atoms with van der Waals surface area (Å²) >= 11 is 0. The standard InChI is InChI=1S/C11H16O3Si/c1-15(2,3)14-10-6-4-5-9(7-10)8-11(12)13/h4-7H,8H2,1-3H3,(H,12,13). The summed E-state index contributed by atoms with van der Waals surface area (Å²) in [6.45, 7) is 6.28. The van der Waals surface area contributed by atoms with E-state index in [1.54, 1.807) is 12.1 Å². The SMILES string of the molecule is C[Si](C)(C)Oc1cccc(CC(=O)O)c1. The van der Waals surface area contributed by atoms with Gasteiger partial charge in [0.05, 0.1) is 6.42 Å². The Morgan fingerprint density at radius 3 is 2.60 bits per heavy atom. The van der Waals surface area contributed by atoms with E-state index < -0.39 is 14.3 Å². The molecule has 0 saturated heterocycles. The second-order valence-corrected chi connectivity index (χ2v) is 8.86. The van der Waals surface area contributed by atoms with E-state index in [4.69, 9.17) is 9.53 Å². The van der Waals surface area contributed by atoms with Crippen molar-refractivity contribution in [2.45, 2.75) is 26.1 Å². The summed E-state index contributed by atoms with van der Waals surface area (Å²) in [5.41, 5.74) is 0.776. The highest BCUT2D eigenvalue weighted by Crippen LogP contribution is 2.17. The lowest BCUT2D eigenvalue weighted by Crippen LogP contribution is -2.29. The third kappa shape index (κ3) is 4.65. The molecule has 0 atom stereocenters. The number of hydrogen-bond acceptors (Lipinski definition) is 2. The lowest BCUT2D eigenvalue weighted by molar-refractivity contribution is -0.136. The van der Waals surface area contributed by atoms with Crippen LogP contribution in [-0.2, 0) is 11.2 Å². The first-order chi connectivity index (χ1) is 6.87. The molecule has 3 nitrogen and oxygen atoms in total. The van der Waals surface area contributed by atoms with Gasteiger partial charge < -0.3 is 9.53 Å². The van der Waals surface area contributed by atoms with E-state index >= 15 is 0 Å². The topological polar surface area (TPSA) is 46.5 Å². The minimum absolute atomic E-state index is 0.0445. The van der Waals surface area contributed by atoms with Gasteiger partial charge in [0.25, 0.3) is 0 Å². The van der Waals surface area contributed by atoms with Crippen LogP contribution in [0.15, 0.2) is 24.3 Å². The molecule has 15 heavy (non-hydrogen) atoms. The molecule has 4 heteroatoms. The molecule has 0 amide bonds. The van der Waals surface area contributed by atoms with Crippen molar-refractivity contribution in [3.63, 3.8) is 0 Å². The molecule has 0 heterocycles. The highest BCUT2D eigenvalue weighted by atomic mass is 28.4. The molecule has 0 spiro atoms. The van der Waals surface area contributed by atoms with Crippen molar-refractivity contribution in [3.8, 4) is 5.75 Å². The molecule has 1 aromatic carbocycles. The molecule has 0 bridgehead atoms. The number of carbonyl (C=O) groups is 1. The molecule has 0 aliphatic rings. The zero-order chi connectivity index (χ0) is 11.5. The Labute approximate surface area is 90.8 Å². The van der Waals surface area contributed by atoms with E-state index in [1.165, 1.54) is 0 Å². The van der Waals surface area contributed by atoms with Gasteiger partial charge in [-0.05, 0) is 37.3 Å². The molecule has 0 unspecified atom stereocenters. The van der Waals surface area contributed by atoms with Gasteiger partial charge in [0.15, 0.2) is 0 Å². The van der Waals surface area contributed by atoms with Crippen LogP contribution >= 0.6 is 0 Å². The minimum atomic E-state index is -1.61. The highest BCUT2D eigenvalue weighted by molar-refractivity contribution is 6.70. The van der Waals surface area contributed by atoms with Crippen molar-refractivity contribution in [2.24, 2.45) is 0 Å². The smallest absolute Gasteiger partial charge is 0.307 e. The van der Waals surface area contributed by atoms with Crippen LogP contribution in [0.4, 0.5) is 0 Å². The molecule has 0 saturated carbocycles. The zero-order valence-corrected chi connectivity index (χ0v) is 10.3. The highest BCUT2D eigenvalue weighted by Gasteiger charge is 2.16. The number of benzene rings is 1. The molecule has 0 fully saturated rings. The third-order valence-electron chi connectivity index (χ3n) is 1.68. The van der Waals surface area contributed by atoms with Gasteiger partial charge in [-0.25, -0.2) is 0 Å². The van der Waals surface area contributed by atoms with Gasteiger partial charge in [-0.1, -0.05) is 12.1 Å². The van der Waals surface area contributed by atoms with Gasteiger partial charge in [-0.15, -0.1) is 0 Å². The average Bonchev–Trinajstić information content (AvgIpc) is 1.99. The third-order valence-corrected chi connectivity index (χ3v) is 2.53. The van der Waals surface area contributed by atoms with E-state index in [2.05, 4.69) is 19.6 Å². The summed E-state index contributed by atoms with van der Waals surface area (Å²) in [6, 6.07) is 7.29. The van der Waals surface area contributed by atoms with Crippen LogP contribution in [0.2, 0.25) is 19.6 Å². The molecular weight excluding hydrogens is 208 g/mol. The predicted molar refractivity (Wildman–Crippen MR) is 61.8 cm³/mol. The molecule has 1 N–H and O–H groups in total. The Kier molecular flexibility index (Phi) is 3.52. The second-order valence-electron chi connectivity index (χ2n) is 4.43. The van der Waals surface area contributed by atoms with Crippen molar-refractivity contribution in [2.75, 3.05) is 0 Å². The first-order valence-electron chi connectivity index (χ1n) is 4.86. The number of hydrogen-bond donors (Lipinski definition) is 1. The molecule has 1 aromatic rings. The van der Waals surface area contributed by atoms with E-state index in [9.17, 15) is 4.79 Å². The summed E-state index contributed by atoms with van der Waals surface area (Å²) in [5.74, 6) is -0.0481. The Morgan fingerprint density at radius 1 is 1.40 bits per heavy atom. The predicted octanol–water partition coefficient (Wildman–Crippen LogP) is 2.53. The summed E-state index contributed by atoms with van der Waals surface area (Å²) in [6.07, 6.45) is 0.0445. The van der Waals surface area contributed by atoms with Gasteiger partial charge in [0, 0.05) is 0 Å². The summed E-state index contributed by atoms with van der Waals surface area (Å²) in [4.78, 5) is 10.5. The molecule has 0 aliphatic heterocycles. The van der Waals surface area contributed by atoms with Gasteiger partial charge in [0.1, 0.15) is 5.75 Å². The Bertz CT molecular complexity index is 355. The molecule has 82 valence electrons. The van der Waals surface area contributed by atoms with Gasteiger partial charge in [-0.3, -0.25) is 4.79 Å². The monoisotopic (exact) mass is 224 g/mol. The summed E-state index contributed by atoms with van der Waals surface area (Å²) in [7, 11) is -1.61. The maximum absolute atomic E-state index is 10.5. The Balaban J connectivity index is 2.79. The van der Waals surface area contributed by atoms with Gasteiger partial charge in [-0.2, -0.15) is 0 Å². The maximum Gasteiger partial charge on any atom is 0.307 e. The number of rotatable bonds is 4. The molecule has 0 aromatic heterocycles. The van der Waals surface area contributed by atoms with Crippen LogP contribution in [0.25, 0.3) is 0 Å². The maximum atomic E-state index is 10.5. The van der Waals surface area contributed by atoms with Gasteiger partial charge in [0.2, 0.25) is 8.32 Å². The lowest BCUT2D eigenvalue weighted by atomic mass is 10.1. The Morgan fingerprint density at radius 2 is 2.07 bits per heavy atom. The lowest BCUT2D eigenvalue weighted by Gasteiger charge is -2.19. The normalized spacial score (nSPS) is 11.1. The van der Waals surface area contributed by atoms with Crippen molar-refractivity contribution >= 4 is 14.3 Å². The fraction of sp³-hybridized carbons (Fsp3) is 0.364. The van der Waals surface area contributed by atoms with Crippen LogP contribution in [0, 0.1) is 0 Å². The Hall–Kier alpha value is -1.29. The van der Waals surface area contributed by atoms with E-state index in [0.29, 0.717) is 0 Å². The van der Waals surface area contributed by atoms with E-state index in [1.807, 2.05) is 12.1 Å². The van der Waals surface area contributed by atoms with Crippen LogP contribution in [0.3, 0.4) is 0 Å². The summed E-state index contributed by atoms with van der Waals surface area (Å²) < 4.78 is 5.77. The van der Waals surface area contributed by atoms with Crippen LogP contribution < -0.4 is 4.43 Å². The fourth-order valence-electron chi connectivity index (χ4n) is 1.25. The number of aliphatic carboxylic acids is 1.